The maximum atomic E-state index is 11.5. The van der Waals surface area contributed by atoms with E-state index in [1.807, 2.05) is 0 Å². The van der Waals surface area contributed by atoms with Gasteiger partial charge in [0.2, 0.25) is 16.8 Å². The van der Waals surface area contributed by atoms with E-state index in [0.717, 1.165) is 0 Å². The molecule has 0 aliphatic carbocycles. The first-order chi connectivity index (χ1) is 8.43. The van der Waals surface area contributed by atoms with Gasteiger partial charge in [0, 0.05) is 11.6 Å². The lowest BCUT2D eigenvalue weighted by atomic mass is 10.1. The van der Waals surface area contributed by atoms with Crippen molar-refractivity contribution in [3.8, 4) is 11.5 Å². The minimum Gasteiger partial charge on any atom is -0.454 e. The van der Waals surface area contributed by atoms with E-state index in [4.69, 9.17) is 9.47 Å². The zero-order chi connectivity index (χ0) is 13.3. The number of Topliss-reactive ketones (excluding diaryl/α,β-unsaturated/α-hetero) is 1. The van der Waals surface area contributed by atoms with Gasteiger partial charge in [0.1, 0.15) is 0 Å². The van der Waals surface area contributed by atoms with Gasteiger partial charge in [-0.25, -0.2) is 8.42 Å². The van der Waals surface area contributed by atoms with Crippen molar-refractivity contribution in [2.45, 2.75) is 13.8 Å². The minimum absolute atomic E-state index is 0.0661. The predicted molar refractivity (Wildman–Crippen MR) is 65.7 cm³/mol. The molecule has 18 heavy (non-hydrogen) atoms. The average Bonchev–Trinajstić information content (AvgIpc) is 2.74. The van der Waals surface area contributed by atoms with Crippen LogP contribution >= 0.6 is 0 Å². The van der Waals surface area contributed by atoms with Crippen molar-refractivity contribution in [2.24, 2.45) is 0 Å². The molecule has 0 saturated heterocycles. The molecule has 1 N–H and O–H groups in total. The Morgan fingerprint density at radius 3 is 2.50 bits per heavy atom. The van der Waals surface area contributed by atoms with E-state index in [-0.39, 0.29) is 29.6 Å². The molecule has 0 unspecified atom stereocenters. The zero-order valence-corrected chi connectivity index (χ0v) is 10.8. The highest BCUT2D eigenvalue weighted by Gasteiger charge is 2.21. The second-order valence-corrected chi connectivity index (χ2v) is 5.82. The highest BCUT2D eigenvalue weighted by Crippen LogP contribution is 2.37. The maximum absolute atomic E-state index is 11.5. The van der Waals surface area contributed by atoms with Crippen LogP contribution in [0.5, 0.6) is 11.5 Å². The summed E-state index contributed by atoms with van der Waals surface area (Å²) >= 11 is 0. The monoisotopic (exact) mass is 271 g/mol. The molecule has 0 atom stereocenters. The smallest absolute Gasteiger partial charge is 0.232 e. The number of fused-ring (bicyclic) bond motifs is 1. The molecule has 0 aromatic heterocycles. The number of sulfonamides is 1. The molecule has 0 saturated carbocycles. The van der Waals surface area contributed by atoms with E-state index in [1.165, 1.54) is 26.0 Å². The van der Waals surface area contributed by atoms with Crippen LogP contribution in [0.3, 0.4) is 0 Å². The SMILES string of the molecule is CCS(=O)(=O)Nc1cc2c(cc1C(C)=O)OCO2. The molecule has 0 fully saturated rings. The van der Waals surface area contributed by atoms with Crippen LogP contribution < -0.4 is 14.2 Å². The molecule has 1 aliphatic rings. The van der Waals surface area contributed by atoms with Crippen LogP contribution in [0.2, 0.25) is 0 Å². The molecule has 98 valence electrons. The molecule has 6 nitrogen and oxygen atoms in total. The van der Waals surface area contributed by atoms with Crippen molar-refractivity contribution in [3.05, 3.63) is 17.7 Å². The molecule has 1 heterocycles. The molecule has 2 rings (SSSR count). The third-order valence-electron chi connectivity index (χ3n) is 2.54. The molecule has 0 amide bonds. The van der Waals surface area contributed by atoms with E-state index in [2.05, 4.69) is 4.72 Å². The number of nitrogens with one attached hydrogen (secondary N) is 1. The summed E-state index contributed by atoms with van der Waals surface area (Å²) in [6.07, 6.45) is 0. The Hall–Kier alpha value is -1.76. The summed E-state index contributed by atoms with van der Waals surface area (Å²) in [5, 5.41) is 0. The Labute approximate surface area is 105 Å². The van der Waals surface area contributed by atoms with Gasteiger partial charge in [0.05, 0.1) is 11.4 Å². The van der Waals surface area contributed by atoms with Crippen LogP contribution in [0, 0.1) is 0 Å². The number of anilines is 1. The standard InChI is InChI=1S/C11H13NO5S/c1-3-18(14,15)12-9-5-11-10(16-6-17-11)4-8(9)7(2)13/h4-5,12H,3,6H2,1-2H3. The highest BCUT2D eigenvalue weighted by atomic mass is 32.2. The zero-order valence-electron chi connectivity index (χ0n) is 10.0. The van der Waals surface area contributed by atoms with Gasteiger partial charge >= 0.3 is 0 Å². The van der Waals surface area contributed by atoms with Gasteiger partial charge < -0.3 is 9.47 Å². The number of carbonyl (C=O) groups is 1. The van der Waals surface area contributed by atoms with Crippen LogP contribution in [0.15, 0.2) is 12.1 Å². The largest absolute Gasteiger partial charge is 0.454 e. The quantitative estimate of drug-likeness (QED) is 0.837. The summed E-state index contributed by atoms with van der Waals surface area (Å²) in [5.74, 6) is 0.550. The second kappa shape index (κ2) is 4.49. The van der Waals surface area contributed by atoms with Crippen LogP contribution in [-0.4, -0.2) is 26.7 Å². The van der Waals surface area contributed by atoms with Crippen LogP contribution in [0.25, 0.3) is 0 Å². The van der Waals surface area contributed by atoms with E-state index < -0.39 is 10.0 Å². The van der Waals surface area contributed by atoms with Crippen molar-refractivity contribution < 1.29 is 22.7 Å². The summed E-state index contributed by atoms with van der Waals surface area (Å²) in [4.78, 5) is 11.5. The molecule has 1 aromatic rings. The minimum atomic E-state index is -3.44. The summed E-state index contributed by atoms with van der Waals surface area (Å²) < 4.78 is 35.8. The average molecular weight is 271 g/mol. The Morgan fingerprint density at radius 2 is 1.94 bits per heavy atom. The van der Waals surface area contributed by atoms with Gasteiger partial charge in [0.25, 0.3) is 0 Å². The highest BCUT2D eigenvalue weighted by molar-refractivity contribution is 7.92. The normalized spacial score (nSPS) is 13.4. The fraction of sp³-hybridized carbons (Fsp3) is 0.364. The molecule has 7 heteroatoms. The first-order valence-electron chi connectivity index (χ1n) is 5.38. The lowest BCUT2D eigenvalue weighted by molar-refractivity contribution is 0.101. The van der Waals surface area contributed by atoms with E-state index in [9.17, 15) is 13.2 Å². The molecule has 1 aliphatic heterocycles. The van der Waals surface area contributed by atoms with E-state index >= 15 is 0 Å². The van der Waals surface area contributed by atoms with Crippen LogP contribution in [-0.2, 0) is 10.0 Å². The summed E-state index contributed by atoms with van der Waals surface area (Å²) in [6.45, 7) is 2.95. The molecule has 1 aromatic carbocycles. The molecule has 0 radical (unpaired) electrons. The molecule has 0 spiro atoms. The molecular weight excluding hydrogens is 258 g/mol. The third-order valence-corrected chi connectivity index (χ3v) is 3.83. The van der Waals surface area contributed by atoms with Gasteiger partial charge in [-0.1, -0.05) is 0 Å². The predicted octanol–water partition coefficient (Wildman–Crippen LogP) is 1.38. The maximum Gasteiger partial charge on any atom is 0.232 e. The number of carbonyl (C=O) groups excluding carboxylic acids is 1. The fourth-order valence-corrected chi connectivity index (χ4v) is 2.21. The number of ketones is 1. The summed E-state index contributed by atoms with van der Waals surface area (Å²) in [6, 6.07) is 2.95. The van der Waals surface area contributed by atoms with Gasteiger partial charge in [-0.15, -0.1) is 0 Å². The second-order valence-electron chi connectivity index (χ2n) is 3.81. The Bertz CT molecular complexity index is 594. The van der Waals surface area contributed by atoms with Crippen LogP contribution in [0.4, 0.5) is 5.69 Å². The van der Waals surface area contributed by atoms with Crippen molar-refractivity contribution in [2.75, 3.05) is 17.3 Å². The van der Waals surface area contributed by atoms with Crippen molar-refractivity contribution in [3.63, 3.8) is 0 Å². The Kier molecular flexibility index (Phi) is 3.16. The first kappa shape index (κ1) is 12.7. The topological polar surface area (TPSA) is 81.7 Å². The van der Waals surface area contributed by atoms with Crippen molar-refractivity contribution in [1.82, 2.24) is 0 Å². The van der Waals surface area contributed by atoms with Gasteiger partial charge in [-0.3, -0.25) is 9.52 Å². The molecule has 0 bridgehead atoms. The van der Waals surface area contributed by atoms with Crippen molar-refractivity contribution >= 4 is 21.5 Å². The van der Waals surface area contributed by atoms with E-state index in [1.54, 1.807) is 0 Å². The van der Waals surface area contributed by atoms with Gasteiger partial charge in [-0.05, 0) is 19.9 Å². The Balaban J connectivity index is 2.48. The van der Waals surface area contributed by atoms with E-state index in [0.29, 0.717) is 11.5 Å². The third kappa shape index (κ3) is 2.40. The van der Waals surface area contributed by atoms with Gasteiger partial charge in [-0.2, -0.15) is 0 Å². The van der Waals surface area contributed by atoms with Crippen LogP contribution in [0.1, 0.15) is 24.2 Å². The summed E-state index contributed by atoms with van der Waals surface area (Å²) in [7, 11) is -3.44. The number of benzene rings is 1. The first-order valence-corrected chi connectivity index (χ1v) is 7.03. The Morgan fingerprint density at radius 1 is 1.33 bits per heavy atom. The fourth-order valence-electron chi connectivity index (χ4n) is 1.56. The number of hydrogen-bond donors (Lipinski definition) is 1. The van der Waals surface area contributed by atoms with Crippen molar-refractivity contribution in [1.29, 1.82) is 0 Å². The summed E-state index contributed by atoms with van der Waals surface area (Å²) in [5.41, 5.74) is 0.477. The number of hydrogen-bond acceptors (Lipinski definition) is 5. The van der Waals surface area contributed by atoms with Gasteiger partial charge in [0.15, 0.2) is 17.3 Å². The lowest BCUT2D eigenvalue weighted by Gasteiger charge is -2.11. The number of ether oxygens (including phenoxy) is 2. The molecular formula is C11H13NO5S. The lowest BCUT2D eigenvalue weighted by Crippen LogP contribution is -2.16. The number of rotatable bonds is 4.